The maximum atomic E-state index is 12.5. The van der Waals surface area contributed by atoms with Crippen LogP contribution in [0.15, 0.2) is 0 Å². The Bertz CT molecular complexity index is 659. The van der Waals surface area contributed by atoms with Crippen molar-refractivity contribution in [3.8, 4) is 0 Å². The molecular formula is C37H75NO7. The molecule has 8 nitrogen and oxygen atoms in total. The fourth-order valence-electron chi connectivity index (χ4n) is 4.92. The van der Waals surface area contributed by atoms with Gasteiger partial charge in [0, 0.05) is 20.0 Å². The molecule has 0 aromatic rings. The highest BCUT2D eigenvalue weighted by molar-refractivity contribution is 5.70. The minimum absolute atomic E-state index is 0. The summed E-state index contributed by atoms with van der Waals surface area (Å²) >= 11 is 0. The molecule has 0 aliphatic rings. The number of amides is 1. The van der Waals surface area contributed by atoms with Gasteiger partial charge in [-0.2, -0.15) is 0 Å². The average Bonchev–Trinajstić information content (AvgIpc) is 2.99. The van der Waals surface area contributed by atoms with Gasteiger partial charge in [0.1, 0.15) is 19.4 Å². The van der Waals surface area contributed by atoms with Gasteiger partial charge in [-0.25, -0.2) is 4.79 Å². The van der Waals surface area contributed by atoms with Crippen LogP contribution in [0.5, 0.6) is 0 Å². The van der Waals surface area contributed by atoms with Crippen molar-refractivity contribution in [2.45, 2.75) is 202 Å². The average molecular weight is 646 g/mol. The van der Waals surface area contributed by atoms with Crippen LogP contribution < -0.4 is 5.32 Å². The summed E-state index contributed by atoms with van der Waals surface area (Å²) in [4.78, 5) is 36.8. The summed E-state index contributed by atoms with van der Waals surface area (Å²) < 4.78 is 21.1. The summed E-state index contributed by atoms with van der Waals surface area (Å²) in [7, 11) is 1.47. The molecule has 0 aromatic heterocycles. The molecule has 45 heavy (non-hydrogen) atoms. The molecule has 1 N–H and O–H groups in total. The Morgan fingerprint density at radius 1 is 0.533 bits per heavy atom. The highest BCUT2D eigenvalue weighted by Crippen LogP contribution is 2.14. The van der Waals surface area contributed by atoms with E-state index in [0.29, 0.717) is 12.8 Å². The molecule has 0 radical (unpaired) electrons. The van der Waals surface area contributed by atoms with Crippen molar-refractivity contribution in [1.82, 2.24) is 5.32 Å². The number of esters is 2. The number of alkyl carbamates (subject to hydrolysis) is 1. The molecule has 0 spiro atoms. The first-order valence-corrected chi connectivity index (χ1v) is 17.7. The fourth-order valence-corrected chi connectivity index (χ4v) is 4.92. The first-order valence-electron chi connectivity index (χ1n) is 17.7. The van der Waals surface area contributed by atoms with Gasteiger partial charge in [0.05, 0.1) is 0 Å². The third-order valence-corrected chi connectivity index (χ3v) is 7.77. The zero-order chi connectivity index (χ0) is 31.8. The Hall–Kier alpha value is -1.83. The predicted octanol–water partition coefficient (Wildman–Crippen LogP) is 10.8. The van der Waals surface area contributed by atoms with E-state index in [9.17, 15) is 14.4 Å². The molecule has 0 aliphatic heterocycles. The molecule has 0 saturated carbocycles. The van der Waals surface area contributed by atoms with E-state index in [1.54, 1.807) is 6.92 Å². The number of carbonyl (C=O) groups excluding carboxylic acids is 3. The third kappa shape index (κ3) is 34.9. The van der Waals surface area contributed by atoms with Crippen molar-refractivity contribution < 1.29 is 33.3 Å². The summed E-state index contributed by atoms with van der Waals surface area (Å²) in [6.45, 7) is 5.82. The zero-order valence-corrected chi connectivity index (χ0v) is 28.4. The summed E-state index contributed by atoms with van der Waals surface area (Å²) in [5.74, 6) is -0.684. The first kappa shape index (κ1) is 47.6. The van der Waals surface area contributed by atoms with Crippen LogP contribution in [0.1, 0.15) is 190 Å². The number of rotatable bonds is 31. The Labute approximate surface area is 278 Å². The largest absolute Gasteiger partial charge is 0.462 e. The summed E-state index contributed by atoms with van der Waals surface area (Å²) in [6.07, 6.45) is 25.2. The van der Waals surface area contributed by atoms with Crippen LogP contribution in [-0.2, 0) is 28.5 Å². The first-order chi connectivity index (χ1) is 20.9. The van der Waals surface area contributed by atoms with E-state index >= 15 is 0 Å². The van der Waals surface area contributed by atoms with Crippen molar-refractivity contribution in [2.24, 2.45) is 0 Å². The topological polar surface area (TPSA) is 100 Å². The molecule has 0 rings (SSSR count). The molecule has 2 atom stereocenters. The monoisotopic (exact) mass is 646 g/mol. The second kappa shape index (κ2) is 36.6. The Morgan fingerprint density at radius 3 is 1.29 bits per heavy atom. The van der Waals surface area contributed by atoms with Gasteiger partial charge in [0.15, 0.2) is 6.10 Å². The van der Waals surface area contributed by atoms with Crippen molar-refractivity contribution >= 4 is 18.0 Å². The molecule has 2 unspecified atom stereocenters. The van der Waals surface area contributed by atoms with Crippen LogP contribution in [0.3, 0.4) is 0 Å². The van der Waals surface area contributed by atoms with Crippen LogP contribution in [0.2, 0.25) is 0 Å². The Balaban J connectivity index is -0.00000882. The number of carbonyl (C=O) groups is 3. The summed E-state index contributed by atoms with van der Waals surface area (Å²) in [5.41, 5.74) is 0. The van der Waals surface area contributed by atoms with Crippen LogP contribution in [0.4, 0.5) is 4.79 Å². The van der Waals surface area contributed by atoms with Crippen molar-refractivity contribution in [1.29, 1.82) is 0 Å². The molecule has 270 valence electrons. The quantitative estimate of drug-likeness (QED) is 0.0346. The second-order valence-electron chi connectivity index (χ2n) is 12.0. The van der Waals surface area contributed by atoms with Gasteiger partial charge in [-0.3, -0.25) is 14.9 Å². The molecule has 0 heterocycles. The van der Waals surface area contributed by atoms with E-state index in [0.717, 1.165) is 38.5 Å². The lowest BCUT2D eigenvalue weighted by atomic mass is 10.1. The molecule has 0 fully saturated rings. The minimum Gasteiger partial charge on any atom is -0.462 e. The Kier molecular flexibility index (Phi) is 38.7. The van der Waals surface area contributed by atoms with Crippen LogP contribution in [0, 0.1) is 0 Å². The van der Waals surface area contributed by atoms with Crippen LogP contribution >= 0.6 is 0 Å². The van der Waals surface area contributed by atoms with Crippen molar-refractivity contribution in [3.63, 3.8) is 0 Å². The van der Waals surface area contributed by atoms with E-state index < -0.39 is 18.4 Å². The van der Waals surface area contributed by atoms with Crippen molar-refractivity contribution in [2.75, 3.05) is 20.3 Å². The van der Waals surface area contributed by atoms with E-state index in [1.807, 2.05) is 0 Å². The SMILES string of the molecule is C.C.CCCCCCCCCCCCCC(=O)OCC(COC(=O)NC(C)OC)OC(=O)CCCCCCCCCCCCC. The standard InChI is InChI=1S/C35H67NO7.2CH4/c1-5-7-9-11-13-15-17-19-21-23-25-27-33(37)41-29-32(30-42-35(39)36-31(3)40-4)43-34(38)28-26-24-22-20-18-16-14-12-10-8-6-2;;/h31-32H,5-30H2,1-4H3,(H,36,39);2*1H4. The van der Waals surface area contributed by atoms with Gasteiger partial charge in [-0.05, 0) is 19.8 Å². The van der Waals surface area contributed by atoms with Gasteiger partial charge in [-0.1, -0.05) is 157 Å². The van der Waals surface area contributed by atoms with Crippen molar-refractivity contribution in [3.05, 3.63) is 0 Å². The van der Waals surface area contributed by atoms with Crippen LogP contribution in [0.25, 0.3) is 0 Å². The lowest BCUT2D eigenvalue weighted by molar-refractivity contribution is -0.161. The molecule has 0 aliphatic carbocycles. The molecule has 8 heteroatoms. The number of hydrogen-bond acceptors (Lipinski definition) is 7. The number of nitrogens with one attached hydrogen (secondary N) is 1. The summed E-state index contributed by atoms with van der Waals surface area (Å²) in [5, 5.41) is 2.51. The maximum absolute atomic E-state index is 12.5. The fraction of sp³-hybridized carbons (Fsp3) is 0.919. The molecule has 0 bridgehead atoms. The van der Waals surface area contributed by atoms with Gasteiger partial charge in [0.25, 0.3) is 0 Å². The van der Waals surface area contributed by atoms with E-state index in [1.165, 1.54) is 110 Å². The minimum atomic E-state index is -0.843. The molecular weight excluding hydrogens is 570 g/mol. The number of ether oxygens (including phenoxy) is 4. The number of hydrogen-bond donors (Lipinski definition) is 1. The lowest BCUT2D eigenvalue weighted by Gasteiger charge is -2.19. The molecule has 1 amide bonds. The summed E-state index contributed by atoms with van der Waals surface area (Å²) in [6, 6.07) is 0. The van der Waals surface area contributed by atoms with Gasteiger partial charge in [-0.15, -0.1) is 0 Å². The van der Waals surface area contributed by atoms with Gasteiger partial charge < -0.3 is 18.9 Å². The third-order valence-electron chi connectivity index (χ3n) is 7.77. The zero-order valence-electron chi connectivity index (χ0n) is 28.4. The number of unbranched alkanes of at least 4 members (excludes halogenated alkanes) is 20. The van der Waals surface area contributed by atoms with E-state index in [2.05, 4.69) is 19.2 Å². The lowest BCUT2D eigenvalue weighted by Crippen LogP contribution is -2.37. The van der Waals surface area contributed by atoms with Gasteiger partial charge in [0.2, 0.25) is 0 Å². The second-order valence-corrected chi connectivity index (χ2v) is 12.0. The maximum Gasteiger partial charge on any atom is 0.409 e. The predicted molar refractivity (Wildman–Crippen MR) is 187 cm³/mol. The van der Waals surface area contributed by atoms with E-state index in [-0.39, 0.29) is 40.0 Å². The number of methoxy groups -OCH3 is 1. The highest BCUT2D eigenvalue weighted by Gasteiger charge is 2.20. The van der Waals surface area contributed by atoms with E-state index in [4.69, 9.17) is 18.9 Å². The highest BCUT2D eigenvalue weighted by atomic mass is 16.6. The normalized spacial score (nSPS) is 11.9. The Morgan fingerprint density at radius 2 is 0.889 bits per heavy atom. The van der Waals surface area contributed by atoms with Crippen LogP contribution in [-0.4, -0.2) is 50.7 Å². The van der Waals surface area contributed by atoms with Gasteiger partial charge >= 0.3 is 18.0 Å². The smallest absolute Gasteiger partial charge is 0.409 e. The molecule has 0 saturated heterocycles. The molecule has 0 aromatic carbocycles.